The maximum atomic E-state index is 6.02. The van der Waals surface area contributed by atoms with Crippen LogP contribution in [0.5, 0.6) is 0 Å². The van der Waals surface area contributed by atoms with E-state index in [4.69, 9.17) is 11.6 Å². The van der Waals surface area contributed by atoms with E-state index in [1.165, 1.54) is 11.1 Å². The predicted molar refractivity (Wildman–Crippen MR) is 100 cm³/mol. The molecule has 2 aromatic carbocycles. The van der Waals surface area contributed by atoms with Crippen molar-refractivity contribution in [1.82, 2.24) is 9.97 Å². The van der Waals surface area contributed by atoms with E-state index >= 15 is 0 Å². The van der Waals surface area contributed by atoms with Crippen molar-refractivity contribution in [2.24, 2.45) is 0 Å². The molecule has 0 saturated heterocycles. The van der Waals surface area contributed by atoms with Crippen molar-refractivity contribution < 1.29 is 0 Å². The minimum Gasteiger partial charge on any atom is -0.366 e. The zero-order valence-electron chi connectivity index (χ0n) is 13.7. The standard InChI is InChI=1S/C19H19ClN4/c1-13-6-8-15(9-7-13)12-21-18-11-19(23-14(2)22-18)24-17-5-3-4-16(20)10-17/h3-11H,12H2,1-2H3,(H2,21,22,23,24). The van der Waals surface area contributed by atoms with Gasteiger partial charge in [-0.2, -0.15) is 0 Å². The highest BCUT2D eigenvalue weighted by Crippen LogP contribution is 2.20. The second-order valence-corrected chi connectivity index (χ2v) is 6.10. The van der Waals surface area contributed by atoms with Gasteiger partial charge in [-0.25, -0.2) is 9.97 Å². The maximum Gasteiger partial charge on any atom is 0.136 e. The molecule has 1 aromatic heterocycles. The molecule has 0 aliphatic heterocycles. The fraction of sp³-hybridized carbons (Fsp3) is 0.158. The maximum absolute atomic E-state index is 6.02. The van der Waals surface area contributed by atoms with E-state index in [2.05, 4.69) is 51.8 Å². The number of benzene rings is 2. The van der Waals surface area contributed by atoms with Crippen LogP contribution in [0.4, 0.5) is 17.3 Å². The largest absolute Gasteiger partial charge is 0.366 e. The van der Waals surface area contributed by atoms with Crippen LogP contribution < -0.4 is 10.6 Å². The van der Waals surface area contributed by atoms with E-state index in [0.29, 0.717) is 17.4 Å². The molecule has 0 amide bonds. The Hall–Kier alpha value is -2.59. The lowest BCUT2D eigenvalue weighted by Gasteiger charge is -2.10. The summed E-state index contributed by atoms with van der Waals surface area (Å²) in [6, 6.07) is 17.9. The fourth-order valence-electron chi connectivity index (χ4n) is 2.33. The summed E-state index contributed by atoms with van der Waals surface area (Å²) in [7, 11) is 0. The normalized spacial score (nSPS) is 10.5. The molecule has 0 atom stereocenters. The molecule has 3 aromatic rings. The van der Waals surface area contributed by atoms with Gasteiger partial charge in [0, 0.05) is 23.3 Å². The molecule has 2 N–H and O–H groups in total. The van der Waals surface area contributed by atoms with Gasteiger partial charge in [0.05, 0.1) is 0 Å². The molecule has 0 saturated carbocycles. The fourth-order valence-corrected chi connectivity index (χ4v) is 2.53. The molecular weight excluding hydrogens is 320 g/mol. The molecule has 0 aliphatic rings. The molecule has 122 valence electrons. The first kappa shape index (κ1) is 16.3. The molecule has 1 heterocycles. The van der Waals surface area contributed by atoms with Crippen LogP contribution >= 0.6 is 11.6 Å². The first-order valence-electron chi connectivity index (χ1n) is 7.76. The Bertz CT molecular complexity index is 831. The van der Waals surface area contributed by atoms with Crippen molar-refractivity contribution in [3.8, 4) is 0 Å². The minimum absolute atomic E-state index is 0.684. The number of aryl methyl sites for hydroxylation is 2. The highest BCUT2D eigenvalue weighted by Gasteiger charge is 2.03. The van der Waals surface area contributed by atoms with Gasteiger partial charge in [0.25, 0.3) is 0 Å². The van der Waals surface area contributed by atoms with Gasteiger partial charge >= 0.3 is 0 Å². The van der Waals surface area contributed by atoms with E-state index < -0.39 is 0 Å². The second kappa shape index (κ2) is 7.32. The zero-order chi connectivity index (χ0) is 16.9. The van der Waals surface area contributed by atoms with Crippen LogP contribution in [-0.4, -0.2) is 9.97 Å². The Morgan fingerprint density at radius 2 is 1.67 bits per heavy atom. The molecule has 0 unspecified atom stereocenters. The van der Waals surface area contributed by atoms with Crippen LogP contribution in [0.3, 0.4) is 0 Å². The smallest absolute Gasteiger partial charge is 0.136 e. The molecule has 0 fully saturated rings. The van der Waals surface area contributed by atoms with E-state index in [-0.39, 0.29) is 0 Å². The Morgan fingerprint density at radius 3 is 2.42 bits per heavy atom. The van der Waals surface area contributed by atoms with Crippen molar-refractivity contribution >= 4 is 28.9 Å². The zero-order valence-corrected chi connectivity index (χ0v) is 14.4. The summed E-state index contributed by atoms with van der Waals surface area (Å²) in [5, 5.41) is 7.28. The van der Waals surface area contributed by atoms with Gasteiger partial charge in [-0.05, 0) is 37.6 Å². The minimum atomic E-state index is 0.684. The predicted octanol–water partition coefficient (Wildman–Crippen LogP) is 5.10. The summed E-state index contributed by atoms with van der Waals surface area (Å²) in [6.07, 6.45) is 0. The number of nitrogens with zero attached hydrogens (tertiary/aromatic N) is 2. The quantitative estimate of drug-likeness (QED) is 0.679. The van der Waals surface area contributed by atoms with Gasteiger partial charge in [-0.1, -0.05) is 47.5 Å². The average Bonchev–Trinajstić information content (AvgIpc) is 2.54. The van der Waals surface area contributed by atoms with Crippen LogP contribution in [0, 0.1) is 13.8 Å². The summed E-state index contributed by atoms with van der Waals surface area (Å²) >= 11 is 6.02. The lowest BCUT2D eigenvalue weighted by atomic mass is 10.1. The van der Waals surface area contributed by atoms with E-state index in [1.807, 2.05) is 37.3 Å². The molecule has 4 nitrogen and oxygen atoms in total. The monoisotopic (exact) mass is 338 g/mol. The van der Waals surface area contributed by atoms with Gasteiger partial charge in [-0.15, -0.1) is 0 Å². The number of nitrogens with one attached hydrogen (secondary N) is 2. The molecule has 24 heavy (non-hydrogen) atoms. The molecule has 0 spiro atoms. The van der Waals surface area contributed by atoms with E-state index in [9.17, 15) is 0 Å². The van der Waals surface area contributed by atoms with Crippen LogP contribution in [0.25, 0.3) is 0 Å². The van der Waals surface area contributed by atoms with Crippen LogP contribution in [0.2, 0.25) is 5.02 Å². The Labute approximate surface area is 146 Å². The highest BCUT2D eigenvalue weighted by atomic mass is 35.5. The van der Waals surface area contributed by atoms with Crippen molar-refractivity contribution in [3.05, 3.63) is 76.6 Å². The van der Waals surface area contributed by atoms with Crippen LogP contribution in [0.15, 0.2) is 54.6 Å². The number of anilines is 3. The van der Waals surface area contributed by atoms with E-state index in [1.54, 1.807) is 0 Å². The number of halogens is 1. The first-order chi connectivity index (χ1) is 11.6. The van der Waals surface area contributed by atoms with Gasteiger partial charge in [0.15, 0.2) is 0 Å². The third-order valence-corrected chi connectivity index (χ3v) is 3.76. The topological polar surface area (TPSA) is 49.8 Å². The molecule has 0 radical (unpaired) electrons. The van der Waals surface area contributed by atoms with Crippen molar-refractivity contribution in [2.45, 2.75) is 20.4 Å². The number of rotatable bonds is 5. The third kappa shape index (κ3) is 4.46. The summed E-state index contributed by atoms with van der Waals surface area (Å²) in [5.41, 5.74) is 3.36. The van der Waals surface area contributed by atoms with Gasteiger partial charge in [0.2, 0.25) is 0 Å². The lowest BCUT2D eigenvalue weighted by Crippen LogP contribution is -2.05. The Balaban J connectivity index is 1.72. The highest BCUT2D eigenvalue weighted by molar-refractivity contribution is 6.30. The first-order valence-corrected chi connectivity index (χ1v) is 8.14. The third-order valence-electron chi connectivity index (χ3n) is 3.53. The Kier molecular flexibility index (Phi) is 4.96. The number of aromatic nitrogens is 2. The van der Waals surface area contributed by atoms with Gasteiger partial charge in [-0.3, -0.25) is 0 Å². The lowest BCUT2D eigenvalue weighted by molar-refractivity contribution is 1.02. The number of hydrogen-bond donors (Lipinski definition) is 2. The molecular formula is C19H19ClN4. The van der Waals surface area contributed by atoms with Crippen molar-refractivity contribution in [3.63, 3.8) is 0 Å². The Morgan fingerprint density at radius 1 is 0.917 bits per heavy atom. The molecule has 5 heteroatoms. The van der Waals surface area contributed by atoms with E-state index in [0.717, 1.165) is 17.3 Å². The van der Waals surface area contributed by atoms with Crippen molar-refractivity contribution in [2.75, 3.05) is 10.6 Å². The summed E-state index contributed by atoms with van der Waals surface area (Å²) in [6.45, 7) is 4.67. The SMILES string of the molecule is Cc1ccc(CNc2cc(Nc3cccc(Cl)c3)nc(C)n2)cc1. The van der Waals surface area contributed by atoms with Crippen molar-refractivity contribution in [1.29, 1.82) is 0 Å². The van der Waals surface area contributed by atoms with Gasteiger partial charge < -0.3 is 10.6 Å². The molecule has 0 aliphatic carbocycles. The van der Waals surface area contributed by atoms with Crippen LogP contribution in [0.1, 0.15) is 17.0 Å². The summed E-state index contributed by atoms with van der Waals surface area (Å²) in [5.74, 6) is 2.22. The molecule has 3 rings (SSSR count). The number of hydrogen-bond acceptors (Lipinski definition) is 4. The summed E-state index contributed by atoms with van der Waals surface area (Å²) < 4.78 is 0. The summed E-state index contributed by atoms with van der Waals surface area (Å²) in [4.78, 5) is 8.86. The molecule has 0 bridgehead atoms. The van der Waals surface area contributed by atoms with Gasteiger partial charge in [0.1, 0.15) is 17.5 Å². The second-order valence-electron chi connectivity index (χ2n) is 5.66. The van der Waals surface area contributed by atoms with Crippen LogP contribution in [-0.2, 0) is 6.54 Å². The average molecular weight is 339 g/mol.